The molecule has 176 valence electrons. The molecule has 1 aromatic heterocycles. The Bertz CT molecular complexity index is 1250. The van der Waals surface area contributed by atoms with Crippen LogP contribution in [0.2, 0.25) is 0 Å². The minimum atomic E-state index is -1.77. The van der Waals surface area contributed by atoms with Crippen molar-refractivity contribution in [1.82, 2.24) is 0 Å². The molecule has 0 saturated carbocycles. The predicted molar refractivity (Wildman–Crippen MR) is 109 cm³/mol. The van der Waals surface area contributed by atoms with Crippen LogP contribution in [0.25, 0.3) is 22.3 Å². The standard InChI is InChI=1S/C21H20O12/c22-6-12-15(26)17(28)19(30)21(33-12)32-10-3-1-2-8(24)14(10)20-18(29)16(27)13-9(25)4-7(23)5-11(13)31-20/h1-5,12,15,17,19,21-26,28-30H,6H2/t12-,15-,17+,19-,21-/m1/s1. The molecule has 1 saturated heterocycles. The van der Waals surface area contributed by atoms with E-state index in [1.807, 2.05) is 0 Å². The van der Waals surface area contributed by atoms with Gasteiger partial charge in [-0.2, -0.15) is 0 Å². The number of ether oxygens (including phenoxy) is 2. The highest BCUT2D eigenvalue weighted by Gasteiger charge is 2.45. The van der Waals surface area contributed by atoms with Gasteiger partial charge in [0.1, 0.15) is 63.9 Å². The molecule has 33 heavy (non-hydrogen) atoms. The van der Waals surface area contributed by atoms with Crippen LogP contribution in [-0.2, 0) is 4.74 Å². The monoisotopic (exact) mass is 464 g/mol. The fourth-order valence-electron chi connectivity index (χ4n) is 3.58. The third-order valence-electron chi connectivity index (χ3n) is 5.26. The molecule has 4 rings (SSSR count). The van der Waals surface area contributed by atoms with Crippen molar-refractivity contribution >= 4 is 11.0 Å². The molecule has 3 aromatic rings. The molecular formula is C21H20O12. The zero-order valence-corrected chi connectivity index (χ0v) is 16.7. The maximum absolute atomic E-state index is 12.7. The Kier molecular flexibility index (Phi) is 5.78. The summed E-state index contributed by atoms with van der Waals surface area (Å²) in [6, 6.07) is 5.66. The number of aliphatic hydroxyl groups excluding tert-OH is 4. The lowest BCUT2D eigenvalue weighted by Crippen LogP contribution is -2.60. The van der Waals surface area contributed by atoms with E-state index in [1.165, 1.54) is 18.2 Å². The van der Waals surface area contributed by atoms with E-state index < -0.39 is 76.9 Å². The van der Waals surface area contributed by atoms with Crippen molar-refractivity contribution in [3.05, 3.63) is 40.6 Å². The number of phenolic OH excluding ortho intramolecular Hbond substituents is 3. The van der Waals surface area contributed by atoms with Crippen LogP contribution < -0.4 is 10.2 Å². The van der Waals surface area contributed by atoms with Crippen molar-refractivity contribution in [3.8, 4) is 40.1 Å². The molecule has 8 N–H and O–H groups in total. The summed E-state index contributed by atoms with van der Waals surface area (Å²) in [5, 5.41) is 79.6. The summed E-state index contributed by atoms with van der Waals surface area (Å²) in [5.41, 5.74) is -1.73. The van der Waals surface area contributed by atoms with Crippen molar-refractivity contribution in [1.29, 1.82) is 0 Å². The van der Waals surface area contributed by atoms with Gasteiger partial charge in [-0.25, -0.2) is 0 Å². The predicted octanol–water partition coefficient (Wildman–Crippen LogP) is -0.539. The molecule has 2 heterocycles. The van der Waals surface area contributed by atoms with Gasteiger partial charge in [-0.1, -0.05) is 6.07 Å². The largest absolute Gasteiger partial charge is 0.508 e. The Hall–Kier alpha value is -3.55. The summed E-state index contributed by atoms with van der Waals surface area (Å²) < 4.78 is 16.3. The van der Waals surface area contributed by atoms with Crippen molar-refractivity contribution in [2.75, 3.05) is 6.61 Å². The van der Waals surface area contributed by atoms with Gasteiger partial charge >= 0.3 is 0 Å². The van der Waals surface area contributed by atoms with Crippen LogP contribution in [0.3, 0.4) is 0 Å². The zero-order valence-electron chi connectivity index (χ0n) is 16.7. The third kappa shape index (κ3) is 3.79. The lowest BCUT2D eigenvalue weighted by atomic mass is 9.99. The second-order valence-electron chi connectivity index (χ2n) is 7.41. The number of hydrogen-bond donors (Lipinski definition) is 8. The van der Waals surface area contributed by atoms with Gasteiger partial charge in [0.2, 0.25) is 17.5 Å². The molecule has 1 fully saturated rings. The van der Waals surface area contributed by atoms with Crippen LogP contribution in [0, 0.1) is 0 Å². The highest BCUT2D eigenvalue weighted by molar-refractivity contribution is 5.89. The van der Waals surface area contributed by atoms with Crippen LogP contribution in [0.5, 0.6) is 28.7 Å². The Morgan fingerprint density at radius 2 is 1.67 bits per heavy atom. The normalized spacial score (nSPS) is 25.3. The van der Waals surface area contributed by atoms with Gasteiger partial charge in [0, 0.05) is 12.1 Å². The number of hydrogen-bond acceptors (Lipinski definition) is 12. The van der Waals surface area contributed by atoms with E-state index in [9.17, 15) is 45.6 Å². The molecule has 2 aromatic carbocycles. The van der Waals surface area contributed by atoms with E-state index in [0.717, 1.165) is 12.1 Å². The minimum absolute atomic E-state index is 0.276. The summed E-state index contributed by atoms with van der Waals surface area (Å²) in [4.78, 5) is 12.7. The summed E-state index contributed by atoms with van der Waals surface area (Å²) >= 11 is 0. The van der Waals surface area contributed by atoms with Gasteiger partial charge in [0.25, 0.3) is 0 Å². The van der Waals surface area contributed by atoms with Crippen LogP contribution in [0.15, 0.2) is 39.5 Å². The lowest BCUT2D eigenvalue weighted by molar-refractivity contribution is -0.277. The Labute approximate surface area is 184 Å². The van der Waals surface area contributed by atoms with E-state index in [0.29, 0.717) is 0 Å². The number of fused-ring (bicyclic) bond motifs is 1. The smallest absolute Gasteiger partial charge is 0.238 e. The van der Waals surface area contributed by atoms with Crippen LogP contribution >= 0.6 is 0 Å². The molecule has 0 bridgehead atoms. The number of phenols is 3. The average Bonchev–Trinajstić information content (AvgIpc) is 2.76. The van der Waals surface area contributed by atoms with Gasteiger partial charge < -0.3 is 54.7 Å². The Balaban J connectivity index is 1.84. The number of aromatic hydroxyl groups is 4. The van der Waals surface area contributed by atoms with E-state index in [4.69, 9.17) is 13.9 Å². The minimum Gasteiger partial charge on any atom is -0.508 e. The molecule has 0 amide bonds. The second kappa shape index (κ2) is 8.42. The van der Waals surface area contributed by atoms with Gasteiger partial charge in [0.05, 0.1) is 6.61 Å². The Morgan fingerprint density at radius 3 is 2.36 bits per heavy atom. The van der Waals surface area contributed by atoms with Crippen LogP contribution in [0.4, 0.5) is 0 Å². The quantitative estimate of drug-likeness (QED) is 0.245. The lowest BCUT2D eigenvalue weighted by Gasteiger charge is -2.39. The molecule has 0 aliphatic carbocycles. The fourth-order valence-corrected chi connectivity index (χ4v) is 3.58. The third-order valence-corrected chi connectivity index (χ3v) is 5.26. The van der Waals surface area contributed by atoms with Crippen molar-refractivity contribution in [3.63, 3.8) is 0 Å². The van der Waals surface area contributed by atoms with Gasteiger partial charge in [-0.15, -0.1) is 0 Å². The highest BCUT2D eigenvalue weighted by Crippen LogP contribution is 2.44. The number of benzene rings is 2. The van der Waals surface area contributed by atoms with Crippen molar-refractivity contribution in [2.45, 2.75) is 30.7 Å². The summed E-state index contributed by atoms with van der Waals surface area (Å²) in [5.74, 6) is -3.47. The number of rotatable bonds is 4. The summed E-state index contributed by atoms with van der Waals surface area (Å²) in [6.07, 6.45) is -8.05. The zero-order chi connectivity index (χ0) is 24.0. The maximum Gasteiger partial charge on any atom is 0.238 e. The van der Waals surface area contributed by atoms with E-state index in [-0.39, 0.29) is 16.9 Å². The Morgan fingerprint density at radius 1 is 0.939 bits per heavy atom. The first-order valence-electron chi connectivity index (χ1n) is 9.65. The maximum atomic E-state index is 12.7. The van der Waals surface area contributed by atoms with Gasteiger partial charge in [0.15, 0.2) is 5.76 Å². The fraction of sp³-hybridized carbons (Fsp3) is 0.286. The summed E-state index contributed by atoms with van der Waals surface area (Å²) in [7, 11) is 0. The molecule has 0 radical (unpaired) electrons. The van der Waals surface area contributed by atoms with Crippen molar-refractivity contribution in [2.24, 2.45) is 0 Å². The molecule has 1 aliphatic rings. The molecule has 0 unspecified atom stereocenters. The first-order valence-corrected chi connectivity index (χ1v) is 9.65. The first kappa shape index (κ1) is 22.6. The second-order valence-corrected chi connectivity index (χ2v) is 7.41. The van der Waals surface area contributed by atoms with E-state index in [2.05, 4.69) is 0 Å². The van der Waals surface area contributed by atoms with Crippen molar-refractivity contribution < 1.29 is 54.7 Å². The molecule has 1 aliphatic heterocycles. The van der Waals surface area contributed by atoms with Gasteiger partial charge in [-0.3, -0.25) is 4.79 Å². The number of aliphatic hydroxyl groups is 4. The van der Waals surface area contributed by atoms with E-state index in [1.54, 1.807) is 0 Å². The van der Waals surface area contributed by atoms with Crippen LogP contribution in [0.1, 0.15) is 0 Å². The molecule has 0 spiro atoms. The molecule has 12 heteroatoms. The highest BCUT2D eigenvalue weighted by atomic mass is 16.7. The molecule has 5 atom stereocenters. The topological polar surface area (TPSA) is 211 Å². The average molecular weight is 464 g/mol. The van der Waals surface area contributed by atoms with Crippen LogP contribution in [-0.4, -0.2) is 78.2 Å². The molecule has 12 nitrogen and oxygen atoms in total. The summed E-state index contributed by atoms with van der Waals surface area (Å²) in [6.45, 7) is -0.703. The SMILES string of the molecule is O=c1c(O)c(-c2c(O)cccc2O[C@@H]2O[C@H](CO)[C@@H](O)[C@H](O)[C@H]2O)oc2cc(O)cc(O)c12. The van der Waals surface area contributed by atoms with Gasteiger partial charge in [-0.05, 0) is 12.1 Å². The first-order chi connectivity index (χ1) is 15.6. The molecular weight excluding hydrogens is 444 g/mol. The van der Waals surface area contributed by atoms with E-state index >= 15 is 0 Å².